The van der Waals surface area contributed by atoms with E-state index in [9.17, 15) is 9.59 Å². The smallest absolute Gasteiger partial charge is 0.422 e. The minimum atomic E-state index is -1.68. The summed E-state index contributed by atoms with van der Waals surface area (Å²) in [6.45, 7) is 7.05. The molecule has 0 aliphatic carbocycles. The van der Waals surface area contributed by atoms with E-state index < -0.39 is 11.9 Å². The van der Waals surface area contributed by atoms with Crippen LogP contribution in [-0.4, -0.2) is 22.8 Å². The molecule has 94 valence electrons. The van der Waals surface area contributed by atoms with Crippen LogP contribution in [-0.2, 0) is 9.59 Å². The van der Waals surface area contributed by atoms with Crippen LogP contribution in [0.25, 0.3) is 5.57 Å². The van der Waals surface area contributed by atoms with E-state index in [1.165, 1.54) is 13.0 Å². The number of nitrogens with one attached hydrogen (secondary N) is 1. The Kier molecular flexibility index (Phi) is 3.99. The molecule has 0 fully saturated rings. The third kappa shape index (κ3) is 2.82. The molecule has 5 nitrogen and oxygen atoms in total. The van der Waals surface area contributed by atoms with Gasteiger partial charge in [0.2, 0.25) is 0 Å². The van der Waals surface area contributed by atoms with Crippen molar-refractivity contribution >= 4 is 23.2 Å². The highest BCUT2D eigenvalue weighted by molar-refractivity contribution is 6.29. The normalized spacial score (nSPS) is 9.67. The summed E-state index contributed by atoms with van der Waals surface area (Å²) in [5.41, 5.74) is 1.89. The highest BCUT2D eigenvalue weighted by Crippen LogP contribution is 2.27. The molecule has 0 aliphatic heterocycles. The Morgan fingerprint density at radius 3 is 2.39 bits per heavy atom. The number of carboxylic acids is 1. The molecule has 0 saturated carbocycles. The quantitative estimate of drug-likeness (QED) is 0.370. The average molecular weight is 247 g/mol. The van der Waals surface area contributed by atoms with Crippen LogP contribution >= 0.6 is 0 Å². The molecule has 0 atom stereocenters. The lowest BCUT2D eigenvalue weighted by atomic mass is 9.98. The van der Waals surface area contributed by atoms with Gasteiger partial charge in [-0.3, -0.25) is 0 Å². The predicted molar refractivity (Wildman–Crippen MR) is 66.9 cm³/mol. The van der Waals surface area contributed by atoms with Crippen molar-refractivity contribution in [1.29, 1.82) is 5.41 Å². The van der Waals surface area contributed by atoms with Crippen LogP contribution in [0.4, 0.5) is 0 Å². The fourth-order valence-corrected chi connectivity index (χ4v) is 1.50. The summed E-state index contributed by atoms with van der Waals surface area (Å²) in [5, 5.41) is 16.2. The highest BCUT2D eigenvalue weighted by Gasteiger charge is 2.19. The van der Waals surface area contributed by atoms with E-state index in [1.54, 1.807) is 19.1 Å². The lowest BCUT2D eigenvalue weighted by Gasteiger charge is -2.12. The van der Waals surface area contributed by atoms with Gasteiger partial charge < -0.3 is 15.3 Å². The minimum absolute atomic E-state index is 0.0513. The van der Waals surface area contributed by atoms with Crippen LogP contribution in [0.2, 0.25) is 0 Å². The number of aliphatic carboxylic acids is 1. The van der Waals surface area contributed by atoms with Crippen LogP contribution in [0.5, 0.6) is 5.75 Å². The monoisotopic (exact) mass is 247 g/mol. The number of carbonyl (C=O) groups excluding carboxylic acids is 1. The summed E-state index contributed by atoms with van der Waals surface area (Å²) in [5.74, 6) is -3.00. The molecule has 0 heterocycles. The Labute approximate surface area is 104 Å². The summed E-state index contributed by atoms with van der Waals surface area (Å²) in [6.07, 6.45) is 0. The molecule has 0 aromatic heterocycles. The Morgan fingerprint density at radius 1 is 1.33 bits per heavy atom. The molecule has 0 bridgehead atoms. The van der Waals surface area contributed by atoms with Gasteiger partial charge in [-0.25, -0.2) is 9.59 Å². The summed E-state index contributed by atoms with van der Waals surface area (Å²) in [4.78, 5) is 21.5. The maximum absolute atomic E-state index is 11.1. The summed E-state index contributed by atoms with van der Waals surface area (Å²) < 4.78 is 4.74. The minimum Gasteiger partial charge on any atom is -0.473 e. The van der Waals surface area contributed by atoms with Gasteiger partial charge in [0.15, 0.2) is 0 Å². The first-order valence-electron chi connectivity index (χ1n) is 5.14. The Hall–Kier alpha value is -2.43. The van der Waals surface area contributed by atoms with Gasteiger partial charge in [-0.05, 0) is 25.5 Å². The number of carbonyl (C=O) groups is 2. The van der Waals surface area contributed by atoms with Gasteiger partial charge in [-0.15, -0.1) is 0 Å². The van der Waals surface area contributed by atoms with Gasteiger partial charge >= 0.3 is 11.9 Å². The largest absolute Gasteiger partial charge is 0.473 e. The number of hydrogen-bond acceptors (Lipinski definition) is 4. The van der Waals surface area contributed by atoms with Crippen molar-refractivity contribution in [3.8, 4) is 5.75 Å². The van der Waals surface area contributed by atoms with Gasteiger partial charge in [0.1, 0.15) is 5.75 Å². The summed E-state index contributed by atoms with van der Waals surface area (Å²) in [6, 6.07) is 4.79. The van der Waals surface area contributed by atoms with E-state index >= 15 is 0 Å². The van der Waals surface area contributed by atoms with Crippen LogP contribution in [0.1, 0.15) is 25.0 Å². The topological polar surface area (TPSA) is 87.5 Å². The standard InChI is InChI=1S/C13H13NO4/c1-7(2)9-5-4-6-10(11(9)8(3)14)18-13(17)12(15)16/h4-6,14H,1H2,2-3H3,(H,15,16). The molecular weight excluding hydrogens is 234 g/mol. The zero-order valence-corrected chi connectivity index (χ0v) is 10.1. The molecule has 1 aromatic carbocycles. The SMILES string of the molecule is C=C(C)c1cccc(OC(=O)C(=O)O)c1C(C)=N. The molecule has 1 rings (SSSR count). The molecule has 0 radical (unpaired) electrons. The maximum Gasteiger partial charge on any atom is 0.422 e. The van der Waals surface area contributed by atoms with Crippen LogP contribution < -0.4 is 4.74 Å². The van der Waals surface area contributed by atoms with E-state index in [2.05, 4.69) is 6.58 Å². The third-order valence-electron chi connectivity index (χ3n) is 2.24. The molecule has 1 aromatic rings. The molecule has 0 saturated heterocycles. The van der Waals surface area contributed by atoms with Crippen LogP contribution in [0, 0.1) is 5.41 Å². The molecule has 0 unspecified atom stereocenters. The number of allylic oxidation sites excluding steroid dienone is 1. The van der Waals surface area contributed by atoms with Gasteiger partial charge in [0, 0.05) is 11.3 Å². The average Bonchev–Trinajstić information content (AvgIpc) is 2.27. The zero-order chi connectivity index (χ0) is 13.9. The number of esters is 1. The van der Waals surface area contributed by atoms with Crippen molar-refractivity contribution in [3.63, 3.8) is 0 Å². The number of ether oxygens (including phenoxy) is 1. The Bertz CT molecular complexity index is 546. The van der Waals surface area contributed by atoms with Gasteiger partial charge in [0.05, 0.1) is 0 Å². The van der Waals surface area contributed by atoms with E-state index in [-0.39, 0.29) is 11.5 Å². The lowest BCUT2D eigenvalue weighted by molar-refractivity contribution is -0.158. The second kappa shape index (κ2) is 5.27. The van der Waals surface area contributed by atoms with Crippen molar-refractivity contribution < 1.29 is 19.4 Å². The highest BCUT2D eigenvalue weighted by atomic mass is 16.6. The van der Waals surface area contributed by atoms with Gasteiger partial charge in [-0.2, -0.15) is 0 Å². The van der Waals surface area contributed by atoms with Gasteiger partial charge in [-0.1, -0.05) is 24.3 Å². The predicted octanol–water partition coefficient (Wildman–Crippen LogP) is 2.10. The number of rotatable bonds is 3. The Morgan fingerprint density at radius 2 is 1.94 bits per heavy atom. The summed E-state index contributed by atoms with van der Waals surface area (Å²) >= 11 is 0. The van der Waals surface area contributed by atoms with Crippen LogP contribution in [0.15, 0.2) is 24.8 Å². The number of benzene rings is 1. The van der Waals surface area contributed by atoms with Crippen molar-refractivity contribution in [1.82, 2.24) is 0 Å². The van der Waals surface area contributed by atoms with Crippen molar-refractivity contribution in [2.45, 2.75) is 13.8 Å². The lowest BCUT2D eigenvalue weighted by Crippen LogP contribution is -2.20. The number of carboxylic acid groups (broad SMARTS) is 1. The van der Waals surface area contributed by atoms with E-state index in [0.717, 1.165) is 0 Å². The zero-order valence-electron chi connectivity index (χ0n) is 10.1. The second-order valence-electron chi connectivity index (χ2n) is 3.78. The third-order valence-corrected chi connectivity index (χ3v) is 2.24. The molecule has 18 heavy (non-hydrogen) atoms. The van der Waals surface area contributed by atoms with Crippen molar-refractivity contribution in [3.05, 3.63) is 35.9 Å². The molecule has 2 N–H and O–H groups in total. The first-order valence-corrected chi connectivity index (χ1v) is 5.14. The molecule has 0 amide bonds. The molecule has 0 aliphatic rings. The second-order valence-corrected chi connectivity index (χ2v) is 3.78. The van der Waals surface area contributed by atoms with E-state index in [0.29, 0.717) is 16.7 Å². The van der Waals surface area contributed by atoms with Crippen LogP contribution in [0.3, 0.4) is 0 Å². The fraction of sp³-hybridized carbons (Fsp3) is 0.154. The van der Waals surface area contributed by atoms with Crippen molar-refractivity contribution in [2.24, 2.45) is 0 Å². The fourth-order valence-electron chi connectivity index (χ4n) is 1.50. The maximum atomic E-state index is 11.1. The first-order chi connectivity index (χ1) is 8.34. The number of hydrogen-bond donors (Lipinski definition) is 2. The molecule has 0 spiro atoms. The summed E-state index contributed by atoms with van der Waals surface area (Å²) in [7, 11) is 0. The molecule has 5 heteroatoms. The van der Waals surface area contributed by atoms with Gasteiger partial charge in [0.25, 0.3) is 0 Å². The molecular formula is C13H13NO4. The van der Waals surface area contributed by atoms with E-state index in [4.69, 9.17) is 15.3 Å². The van der Waals surface area contributed by atoms with E-state index in [1.807, 2.05) is 0 Å². The van der Waals surface area contributed by atoms with Crippen molar-refractivity contribution in [2.75, 3.05) is 0 Å². The Balaban J connectivity index is 3.32. The first kappa shape index (κ1) is 13.6.